The third-order valence-electron chi connectivity index (χ3n) is 8.64. The predicted molar refractivity (Wildman–Crippen MR) is 160 cm³/mol. The summed E-state index contributed by atoms with van der Waals surface area (Å²) >= 11 is 0. The molecule has 0 bridgehead atoms. The van der Waals surface area contributed by atoms with Gasteiger partial charge in [0.15, 0.2) is 23.0 Å². The van der Waals surface area contributed by atoms with Crippen molar-refractivity contribution in [2.75, 3.05) is 27.9 Å². The van der Waals surface area contributed by atoms with Gasteiger partial charge in [0.1, 0.15) is 11.9 Å². The molecular weight excluding hydrogens is 534 g/mol. The monoisotopic (exact) mass is 575 g/mol. The van der Waals surface area contributed by atoms with E-state index >= 15 is 0 Å². The highest BCUT2D eigenvalue weighted by atomic mass is 16.5. The van der Waals surface area contributed by atoms with Crippen LogP contribution in [-0.4, -0.2) is 51.5 Å². The number of rotatable bonds is 10. The number of esters is 1. The highest BCUT2D eigenvalue weighted by molar-refractivity contribution is 6.12. The Bertz CT molecular complexity index is 1390. The van der Waals surface area contributed by atoms with Crippen LogP contribution in [-0.2, 0) is 14.3 Å². The number of hydrogen-bond donors (Lipinski definition) is 0. The Morgan fingerprint density at radius 3 is 2.19 bits per heavy atom. The van der Waals surface area contributed by atoms with E-state index in [0.717, 1.165) is 48.9 Å². The molecule has 0 N–H and O–H groups in total. The van der Waals surface area contributed by atoms with E-state index < -0.39 is 11.8 Å². The zero-order valence-electron chi connectivity index (χ0n) is 25.2. The largest absolute Gasteiger partial charge is 0.493 e. The Hall–Kier alpha value is -3.81. The molecule has 3 atom stereocenters. The standard InChI is InChI=1S/C34H41NO7/c1-6-15-41-28-14-12-22(19-30(28)40-5)32-31(34(37)42-24-9-7-8-10-24)20(2)35-25-16-23(17-26(36)33(25)32)21-11-13-27(38-3)29(18-21)39-4/h11-14,18-19,23-24,32-33H,6-10,15-17H2,1-5H3/t23-,32+,33?/m1/s1. The quantitative estimate of drug-likeness (QED) is 0.296. The van der Waals surface area contributed by atoms with Crippen LogP contribution < -0.4 is 18.9 Å². The molecule has 2 saturated carbocycles. The van der Waals surface area contributed by atoms with Crippen molar-refractivity contribution in [3.63, 3.8) is 0 Å². The number of ketones is 1. The van der Waals surface area contributed by atoms with Crippen molar-refractivity contribution in [2.24, 2.45) is 10.9 Å². The van der Waals surface area contributed by atoms with Crippen molar-refractivity contribution in [3.8, 4) is 23.0 Å². The van der Waals surface area contributed by atoms with E-state index in [1.165, 1.54) is 0 Å². The highest BCUT2D eigenvalue weighted by Gasteiger charge is 2.46. The summed E-state index contributed by atoms with van der Waals surface area (Å²) < 4.78 is 28.5. The Labute approximate surface area is 248 Å². The second-order valence-corrected chi connectivity index (χ2v) is 11.3. The Kier molecular flexibility index (Phi) is 9.19. The summed E-state index contributed by atoms with van der Waals surface area (Å²) in [5, 5.41) is 0. The molecule has 0 amide bonds. The van der Waals surface area contributed by atoms with Crippen LogP contribution in [0.1, 0.15) is 81.8 Å². The fourth-order valence-electron chi connectivity index (χ4n) is 6.57. The molecule has 2 fully saturated rings. The lowest BCUT2D eigenvalue weighted by Gasteiger charge is -2.38. The number of nitrogens with zero attached hydrogens (tertiary/aromatic N) is 1. The van der Waals surface area contributed by atoms with Gasteiger partial charge in [0.25, 0.3) is 0 Å². The molecule has 0 saturated heterocycles. The number of carbonyl (C=O) groups is 2. The lowest BCUT2D eigenvalue weighted by atomic mass is 9.66. The lowest BCUT2D eigenvalue weighted by molar-refractivity contribution is -0.144. The van der Waals surface area contributed by atoms with Crippen LogP contribution in [0, 0.1) is 5.92 Å². The molecule has 2 aromatic carbocycles. The summed E-state index contributed by atoms with van der Waals surface area (Å²) in [6.07, 6.45) is 5.53. The molecule has 1 unspecified atom stereocenters. The van der Waals surface area contributed by atoms with Crippen LogP contribution in [0.15, 0.2) is 52.7 Å². The zero-order valence-corrected chi connectivity index (χ0v) is 25.2. The molecule has 0 spiro atoms. The van der Waals surface area contributed by atoms with Crippen LogP contribution in [0.2, 0.25) is 0 Å². The van der Waals surface area contributed by atoms with Crippen LogP contribution in [0.4, 0.5) is 0 Å². The van der Waals surface area contributed by atoms with Crippen molar-refractivity contribution in [1.29, 1.82) is 0 Å². The van der Waals surface area contributed by atoms with Gasteiger partial charge in [0.2, 0.25) is 0 Å². The van der Waals surface area contributed by atoms with Gasteiger partial charge in [0.05, 0.1) is 39.4 Å². The average Bonchev–Trinajstić information content (AvgIpc) is 3.51. The number of hydrogen-bond acceptors (Lipinski definition) is 8. The molecule has 224 valence electrons. The summed E-state index contributed by atoms with van der Waals surface area (Å²) in [6.45, 7) is 4.46. The molecule has 3 aliphatic rings. The first-order valence-electron chi connectivity index (χ1n) is 14.9. The van der Waals surface area contributed by atoms with Gasteiger partial charge in [-0.25, -0.2) is 4.79 Å². The van der Waals surface area contributed by atoms with Gasteiger partial charge in [-0.2, -0.15) is 0 Å². The van der Waals surface area contributed by atoms with Crippen LogP contribution in [0.25, 0.3) is 0 Å². The van der Waals surface area contributed by atoms with E-state index in [2.05, 4.69) is 0 Å². The van der Waals surface area contributed by atoms with Crippen LogP contribution in [0.3, 0.4) is 0 Å². The number of Topliss-reactive ketones (excluding diaryl/α,β-unsaturated/α-hetero) is 1. The van der Waals surface area contributed by atoms with E-state index in [1.807, 2.05) is 50.2 Å². The van der Waals surface area contributed by atoms with E-state index in [0.29, 0.717) is 53.7 Å². The van der Waals surface area contributed by atoms with Gasteiger partial charge in [-0.3, -0.25) is 9.79 Å². The maximum absolute atomic E-state index is 14.1. The summed E-state index contributed by atoms with van der Waals surface area (Å²) in [5.41, 5.74) is 3.64. The van der Waals surface area contributed by atoms with Crippen LogP contribution >= 0.6 is 0 Å². The molecule has 1 aliphatic heterocycles. The zero-order chi connectivity index (χ0) is 29.8. The molecular formula is C34H41NO7. The lowest BCUT2D eigenvalue weighted by Crippen LogP contribution is -2.41. The number of benzene rings is 2. The Morgan fingerprint density at radius 2 is 1.50 bits per heavy atom. The Morgan fingerprint density at radius 1 is 0.857 bits per heavy atom. The second kappa shape index (κ2) is 13.0. The van der Waals surface area contributed by atoms with Crippen LogP contribution in [0.5, 0.6) is 23.0 Å². The van der Waals surface area contributed by atoms with Gasteiger partial charge >= 0.3 is 5.97 Å². The third kappa shape index (κ3) is 5.90. The van der Waals surface area contributed by atoms with Gasteiger partial charge in [-0.1, -0.05) is 19.1 Å². The second-order valence-electron chi connectivity index (χ2n) is 11.3. The van der Waals surface area contributed by atoms with Crippen molar-refractivity contribution >= 4 is 17.5 Å². The minimum atomic E-state index is -0.566. The normalized spacial score (nSPS) is 22.4. The minimum absolute atomic E-state index is 0.0497. The van der Waals surface area contributed by atoms with E-state index in [9.17, 15) is 9.59 Å². The summed E-state index contributed by atoms with van der Waals surface area (Å²) in [6, 6.07) is 11.5. The fourth-order valence-corrected chi connectivity index (χ4v) is 6.57. The average molecular weight is 576 g/mol. The smallest absolute Gasteiger partial charge is 0.336 e. The van der Waals surface area contributed by atoms with Gasteiger partial charge in [-0.05, 0) is 86.8 Å². The fraction of sp³-hybridized carbons (Fsp3) is 0.500. The first kappa shape index (κ1) is 29.7. The number of fused-ring (bicyclic) bond motifs is 1. The predicted octanol–water partition coefficient (Wildman–Crippen LogP) is 6.56. The molecule has 0 aromatic heterocycles. The van der Waals surface area contributed by atoms with Gasteiger partial charge in [-0.15, -0.1) is 0 Å². The molecule has 2 aliphatic carbocycles. The van der Waals surface area contributed by atoms with E-state index in [-0.39, 0.29) is 23.8 Å². The number of ether oxygens (including phenoxy) is 5. The number of aliphatic imine (C=N–C) groups is 1. The summed E-state index contributed by atoms with van der Waals surface area (Å²) in [7, 11) is 4.80. The van der Waals surface area contributed by atoms with Gasteiger partial charge < -0.3 is 23.7 Å². The third-order valence-corrected chi connectivity index (χ3v) is 8.64. The van der Waals surface area contributed by atoms with Gasteiger partial charge in [0, 0.05) is 23.7 Å². The van der Waals surface area contributed by atoms with E-state index in [4.69, 9.17) is 28.7 Å². The molecule has 42 heavy (non-hydrogen) atoms. The molecule has 0 radical (unpaired) electrons. The topological polar surface area (TPSA) is 92.7 Å². The first-order valence-corrected chi connectivity index (χ1v) is 14.9. The molecule has 8 heteroatoms. The molecule has 8 nitrogen and oxygen atoms in total. The highest BCUT2D eigenvalue weighted by Crippen LogP contribution is 2.48. The number of methoxy groups -OCH3 is 3. The summed E-state index contributed by atoms with van der Waals surface area (Å²) in [5.74, 6) is 0.972. The van der Waals surface area contributed by atoms with Crippen molar-refractivity contribution in [2.45, 2.75) is 76.7 Å². The number of carbonyl (C=O) groups excluding carboxylic acids is 2. The maximum Gasteiger partial charge on any atom is 0.336 e. The van der Waals surface area contributed by atoms with Crippen molar-refractivity contribution < 1.29 is 33.3 Å². The van der Waals surface area contributed by atoms with Crippen molar-refractivity contribution in [1.82, 2.24) is 0 Å². The first-order chi connectivity index (χ1) is 20.4. The molecule has 5 rings (SSSR count). The minimum Gasteiger partial charge on any atom is -0.493 e. The van der Waals surface area contributed by atoms with Crippen molar-refractivity contribution in [3.05, 3.63) is 58.8 Å². The summed E-state index contributed by atoms with van der Waals surface area (Å²) in [4.78, 5) is 32.8. The molecule has 1 heterocycles. The maximum atomic E-state index is 14.1. The molecule has 2 aromatic rings. The Balaban J connectivity index is 1.54. The SMILES string of the molecule is CCCOc1ccc([C@H]2C(C(=O)OC3CCCC3)=C(C)N=C3C[C@@H](c4ccc(OC)c(OC)c4)CC(=O)C32)cc1OC. The number of allylic oxidation sites excluding steroid dienone is 1. The van der Waals surface area contributed by atoms with E-state index in [1.54, 1.807) is 21.3 Å².